The van der Waals surface area contributed by atoms with Gasteiger partial charge in [-0.25, -0.2) is 0 Å². The zero-order chi connectivity index (χ0) is 25.0. The first-order valence-electron chi connectivity index (χ1n) is 12.5. The standard InChI is InChI=1S/C32H34N2O2/c35-31(32(36)33-22-21-26-13-5-1-6-14-26)30(23-27-15-7-2-8-16-27)34(24-28-17-9-3-10-18-28)25-29-19-11-4-12-20-29/h1-20,30-31,35H,21-25H2,(H,33,36)/t30-,31+/m0/s1. The molecule has 4 heteroatoms. The Morgan fingerprint density at radius 1 is 0.639 bits per heavy atom. The summed E-state index contributed by atoms with van der Waals surface area (Å²) >= 11 is 0. The number of nitrogens with one attached hydrogen (secondary N) is 1. The van der Waals surface area contributed by atoms with Crippen molar-refractivity contribution in [2.24, 2.45) is 0 Å². The summed E-state index contributed by atoms with van der Waals surface area (Å²) < 4.78 is 0. The predicted molar refractivity (Wildman–Crippen MR) is 145 cm³/mol. The minimum atomic E-state index is -1.17. The van der Waals surface area contributed by atoms with E-state index in [1.54, 1.807) is 0 Å². The Morgan fingerprint density at radius 2 is 1.06 bits per heavy atom. The first kappa shape index (κ1) is 25.4. The molecular weight excluding hydrogens is 444 g/mol. The van der Waals surface area contributed by atoms with Crippen molar-refractivity contribution < 1.29 is 9.90 Å². The molecule has 0 radical (unpaired) electrons. The van der Waals surface area contributed by atoms with E-state index in [-0.39, 0.29) is 5.91 Å². The molecule has 4 nitrogen and oxygen atoms in total. The Hall–Kier alpha value is -3.73. The van der Waals surface area contributed by atoms with E-state index in [2.05, 4.69) is 46.6 Å². The first-order valence-corrected chi connectivity index (χ1v) is 12.5. The van der Waals surface area contributed by atoms with Crippen molar-refractivity contribution in [1.82, 2.24) is 10.2 Å². The highest BCUT2D eigenvalue weighted by atomic mass is 16.3. The first-order chi connectivity index (χ1) is 17.7. The molecule has 0 saturated carbocycles. The number of rotatable bonds is 12. The molecule has 0 saturated heterocycles. The van der Waals surface area contributed by atoms with Crippen molar-refractivity contribution >= 4 is 5.91 Å². The van der Waals surface area contributed by atoms with Gasteiger partial charge in [0.05, 0.1) is 0 Å². The van der Waals surface area contributed by atoms with Gasteiger partial charge in [0, 0.05) is 25.7 Å². The van der Waals surface area contributed by atoms with Crippen molar-refractivity contribution in [3.63, 3.8) is 0 Å². The lowest BCUT2D eigenvalue weighted by molar-refractivity contribution is -0.133. The van der Waals surface area contributed by atoms with Crippen molar-refractivity contribution in [2.75, 3.05) is 6.54 Å². The van der Waals surface area contributed by atoms with Crippen LogP contribution in [0.2, 0.25) is 0 Å². The quantitative estimate of drug-likeness (QED) is 0.301. The Kier molecular flexibility index (Phi) is 9.43. The summed E-state index contributed by atoms with van der Waals surface area (Å²) in [5.41, 5.74) is 4.53. The lowest BCUT2D eigenvalue weighted by Gasteiger charge is -2.35. The molecule has 0 spiro atoms. The van der Waals surface area contributed by atoms with E-state index in [1.807, 2.05) is 84.9 Å². The van der Waals surface area contributed by atoms with E-state index >= 15 is 0 Å². The summed E-state index contributed by atoms with van der Waals surface area (Å²) in [7, 11) is 0. The molecule has 4 rings (SSSR count). The zero-order valence-corrected chi connectivity index (χ0v) is 20.5. The third-order valence-corrected chi connectivity index (χ3v) is 6.40. The molecule has 0 fully saturated rings. The van der Waals surface area contributed by atoms with Gasteiger partial charge in [0.25, 0.3) is 5.91 Å². The fourth-order valence-corrected chi connectivity index (χ4v) is 4.48. The number of carbonyl (C=O) groups is 1. The van der Waals surface area contributed by atoms with Crippen molar-refractivity contribution in [3.05, 3.63) is 144 Å². The molecule has 4 aromatic carbocycles. The highest BCUT2D eigenvalue weighted by Crippen LogP contribution is 2.20. The lowest BCUT2D eigenvalue weighted by atomic mass is 9.97. The van der Waals surface area contributed by atoms with Gasteiger partial charge in [0.1, 0.15) is 6.10 Å². The van der Waals surface area contributed by atoms with Gasteiger partial charge in [-0.05, 0) is 35.1 Å². The maximum absolute atomic E-state index is 13.2. The van der Waals surface area contributed by atoms with Crippen LogP contribution in [-0.2, 0) is 30.7 Å². The molecule has 2 atom stereocenters. The van der Waals surface area contributed by atoms with Crippen LogP contribution < -0.4 is 5.32 Å². The molecule has 2 N–H and O–H groups in total. The highest BCUT2D eigenvalue weighted by molar-refractivity contribution is 5.81. The van der Waals surface area contributed by atoms with Gasteiger partial charge in [-0.1, -0.05) is 121 Å². The van der Waals surface area contributed by atoms with E-state index in [0.717, 1.165) is 28.7 Å². The lowest BCUT2D eigenvalue weighted by Crippen LogP contribution is -2.51. The molecule has 36 heavy (non-hydrogen) atoms. The molecule has 4 aromatic rings. The largest absolute Gasteiger partial charge is 0.382 e. The van der Waals surface area contributed by atoms with Gasteiger partial charge in [0.2, 0.25) is 0 Å². The summed E-state index contributed by atoms with van der Waals surface area (Å²) in [6.45, 7) is 1.73. The van der Waals surface area contributed by atoms with Gasteiger partial charge >= 0.3 is 0 Å². The van der Waals surface area contributed by atoms with E-state index in [4.69, 9.17) is 0 Å². The van der Waals surface area contributed by atoms with Gasteiger partial charge in [-0.3, -0.25) is 9.69 Å². The normalized spacial score (nSPS) is 12.7. The van der Waals surface area contributed by atoms with Crippen molar-refractivity contribution in [1.29, 1.82) is 0 Å². The summed E-state index contributed by atoms with van der Waals surface area (Å²) in [5, 5.41) is 14.4. The number of nitrogens with zero attached hydrogens (tertiary/aromatic N) is 1. The number of aliphatic hydroxyl groups excluding tert-OH is 1. The topological polar surface area (TPSA) is 52.6 Å². The van der Waals surface area contributed by atoms with Crippen LogP contribution in [0.3, 0.4) is 0 Å². The fraction of sp³-hybridized carbons (Fsp3) is 0.219. The van der Waals surface area contributed by atoms with Crippen LogP contribution in [0.4, 0.5) is 0 Å². The van der Waals surface area contributed by atoms with E-state index < -0.39 is 12.1 Å². The molecule has 184 valence electrons. The molecule has 0 aliphatic heterocycles. The second kappa shape index (κ2) is 13.4. The molecule has 0 heterocycles. The van der Waals surface area contributed by atoms with Crippen LogP contribution in [0.25, 0.3) is 0 Å². The molecule has 0 unspecified atom stereocenters. The average molecular weight is 479 g/mol. The SMILES string of the molecule is O=C(NCCc1ccccc1)[C@H](O)[C@H](Cc1ccccc1)N(Cc1ccccc1)Cc1ccccc1. The number of carbonyl (C=O) groups excluding carboxylic acids is 1. The molecule has 0 aliphatic carbocycles. The Bertz CT molecular complexity index is 1130. The van der Waals surface area contributed by atoms with Gasteiger partial charge < -0.3 is 10.4 Å². The maximum Gasteiger partial charge on any atom is 0.250 e. The van der Waals surface area contributed by atoms with Crippen molar-refractivity contribution in [3.8, 4) is 0 Å². The average Bonchev–Trinajstić information content (AvgIpc) is 2.93. The maximum atomic E-state index is 13.2. The second-order valence-electron chi connectivity index (χ2n) is 9.10. The molecule has 0 aromatic heterocycles. The van der Waals surface area contributed by atoms with Crippen LogP contribution >= 0.6 is 0 Å². The fourth-order valence-electron chi connectivity index (χ4n) is 4.48. The van der Waals surface area contributed by atoms with E-state index in [0.29, 0.717) is 26.1 Å². The van der Waals surface area contributed by atoms with Gasteiger partial charge in [-0.2, -0.15) is 0 Å². The van der Waals surface area contributed by atoms with E-state index in [1.165, 1.54) is 0 Å². The summed E-state index contributed by atoms with van der Waals surface area (Å²) in [6.07, 6.45) is 0.113. The molecule has 0 bridgehead atoms. The van der Waals surface area contributed by atoms with Crippen LogP contribution in [0.1, 0.15) is 22.3 Å². The number of aliphatic hydroxyl groups is 1. The molecule has 1 amide bonds. The minimum Gasteiger partial charge on any atom is -0.382 e. The van der Waals surface area contributed by atoms with Crippen LogP contribution in [0.15, 0.2) is 121 Å². The van der Waals surface area contributed by atoms with Gasteiger partial charge in [0.15, 0.2) is 0 Å². The summed E-state index contributed by atoms with van der Waals surface area (Å²) in [6, 6.07) is 40.2. The zero-order valence-electron chi connectivity index (χ0n) is 20.5. The number of amides is 1. The molecular formula is C32H34N2O2. The van der Waals surface area contributed by atoms with Crippen molar-refractivity contribution in [2.45, 2.75) is 38.1 Å². The van der Waals surface area contributed by atoms with Crippen LogP contribution in [-0.4, -0.2) is 34.6 Å². The Labute approximate surface area is 214 Å². The number of benzene rings is 4. The second-order valence-corrected chi connectivity index (χ2v) is 9.10. The minimum absolute atomic E-state index is 0.335. The van der Waals surface area contributed by atoms with E-state index in [9.17, 15) is 9.90 Å². The smallest absolute Gasteiger partial charge is 0.250 e. The predicted octanol–water partition coefficient (Wildman–Crippen LogP) is 5.02. The third-order valence-electron chi connectivity index (χ3n) is 6.40. The number of hydrogen-bond acceptors (Lipinski definition) is 3. The monoisotopic (exact) mass is 478 g/mol. The van der Waals surface area contributed by atoms with Gasteiger partial charge in [-0.15, -0.1) is 0 Å². The number of hydrogen-bond donors (Lipinski definition) is 2. The summed E-state index contributed by atoms with van der Waals surface area (Å²) in [5.74, 6) is -0.335. The molecule has 0 aliphatic rings. The summed E-state index contributed by atoms with van der Waals surface area (Å²) in [4.78, 5) is 15.4. The van der Waals surface area contributed by atoms with Crippen LogP contribution in [0, 0.1) is 0 Å². The van der Waals surface area contributed by atoms with Crippen LogP contribution in [0.5, 0.6) is 0 Å². The Morgan fingerprint density at radius 3 is 1.53 bits per heavy atom. The Balaban J connectivity index is 1.55. The third kappa shape index (κ3) is 7.64. The highest BCUT2D eigenvalue weighted by Gasteiger charge is 2.31.